The fraction of sp³-hybridized carbons (Fsp3) is 0.333. The first-order chi connectivity index (χ1) is 10.1. The van der Waals surface area contributed by atoms with Crippen LogP contribution in [0.1, 0.15) is 24.8 Å². The van der Waals surface area contributed by atoms with E-state index in [-0.39, 0.29) is 17.9 Å². The Morgan fingerprint density at radius 1 is 1.43 bits per heavy atom. The first-order valence-corrected chi connectivity index (χ1v) is 7.69. The molecule has 0 atom stereocenters. The van der Waals surface area contributed by atoms with E-state index in [1.165, 1.54) is 17.2 Å². The Hall–Kier alpha value is -1.69. The van der Waals surface area contributed by atoms with Crippen molar-refractivity contribution in [1.82, 2.24) is 9.78 Å². The van der Waals surface area contributed by atoms with Gasteiger partial charge < -0.3 is 5.32 Å². The van der Waals surface area contributed by atoms with Crippen molar-refractivity contribution in [3.05, 3.63) is 56.7 Å². The molecule has 0 spiro atoms. The molecule has 0 radical (unpaired) electrons. The van der Waals surface area contributed by atoms with Gasteiger partial charge in [0.2, 0.25) is 0 Å². The zero-order valence-electron chi connectivity index (χ0n) is 11.4. The molecule has 6 heteroatoms. The van der Waals surface area contributed by atoms with E-state index in [0.717, 1.165) is 18.5 Å². The molecule has 1 saturated carbocycles. The van der Waals surface area contributed by atoms with Crippen LogP contribution in [0.4, 0.5) is 10.1 Å². The monoisotopic (exact) mass is 351 g/mol. The van der Waals surface area contributed by atoms with E-state index in [9.17, 15) is 9.18 Å². The normalized spacial score (nSPS) is 14.8. The van der Waals surface area contributed by atoms with E-state index in [1.54, 1.807) is 24.4 Å². The lowest BCUT2D eigenvalue weighted by Crippen LogP contribution is -2.29. The van der Waals surface area contributed by atoms with Crippen LogP contribution in [0.5, 0.6) is 0 Å². The van der Waals surface area contributed by atoms with Gasteiger partial charge in [0, 0.05) is 12.1 Å². The van der Waals surface area contributed by atoms with Gasteiger partial charge in [-0.05, 0) is 46.8 Å². The molecule has 0 aliphatic heterocycles. The van der Waals surface area contributed by atoms with Gasteiger partial charge >= 0.3 is 0 Å². The molecule has 2 aromatic rings. The van der Waals surface area contributed by atoms with Crippen molar-refractivity contribution in [2.24, 2.45) is 0 Å². The van der Waals surface area contributed by atoms with Crippen molar-refractivity contribution in [2.45, 2.75) is 31.8 Å². The summed E-state index contributed by atoms with van der Waals surface area (Å²) in [6.45, 7) is 0.237. The molecule has 110 valence electrons. The summed E-state index contributed by atoms with van der Waals surface area (Å²) in [5, 5.41) is 7.44. The standard InChI is InChI=1S/C15H15BrFN3O/c16-15-10(3-1-6-13(15)17)9-20-14(21)7-12(8-18-20)19-11-4-2-5-11/h1,3,6-8,11,19H,2,4-5,9H2. The highest BCUT2D eigenvalue weighted by Gasteiger charge is 2.17. The summed E-state index contributed by atoms with van der Waals surface area (Å²) in [6, 6.07) is 6.75. The van der Waals surface area contributed by atoms with Crippen molar-refractivity contribution in [3.63, 3.8) is 0 Å². The molecule has 0 bridgehead atoms. The van der Waals surface area contributed by atoms with Crippen molar-refractivity contribution in [3.8, 4) is 0 Å². The molecule has 1 aliphatic rings. The van der Waals surface area contributed by atoms with E-state index in [4.69, 9.17) is 0 Å². The van der Waals surface area contributed by atoms with Crippen molar-refractivity contribution >= 4 is 21.6 Å². The minimum Gasteiger partial charge on any atom is -0.381 e. The first kappa shape index (κ1) is 14.3. The van der Waals surface area contributed by atoms with Crippen LogP contribution in [0, 0.1) is 5.82 Å². The lowest BCUT2D eigenvalue weighted by atomic mass is 9.93. The van der Waals surface area contributed by atoms with Gasteiger partial charge in [-0.3, -0.25) is 4.79 Å². The Labute approximate surface area is 130 Å². The van der Waals surface area contributed by atoms with Gasteiger partial charge in [-0.15, -0.1) is 0 Å². The van der Waals surface area contributed by atoms with E-state index in [1.807, 2.05) is 0 Å². The molecule has 1 N–H and O–H groups in total. The molecule has 0 unspecified atom stereocenters. The summed E-state index contributed by atoms with van der Waals surface area (Å²) >= 11 is 3.20. The molecule has 1 aromatic heterocycles. The molecular formula is C15H15BrFN3O. The van der Waals surface area contributed by atoms with E-state index in [0.29, 0.717) is 16.1 Å². The average molecular weight is 352 g/mol. The van der Waals surface area contributed by atoms with Gasteiger partial charge in [-0.2, -0.15) is 5.10 Å². The second-order valence-electron chi connectivity index (χ2n) is 5.23. The SMILES string of the molecule is O=c1cc(NC2CCC2)cnn1Cc1cccc(F)c1Br. The Balaban J connectivity index is 1.79. The predicted octanol–water partition coefficient (Wildman–Crippen LogP) is 3.16. The molecule has 1 heterocycles. The lowest BCUT2D eigenvalue weighted by Gasteiger charge is -2.27. The summed E-state index contributed by atoms with van der Waals surface area (Å²) in [5.41, 5.74) is 1.24. The zero-order valence-corrected chi connectivity index (χ0v) is 12.9. The summed E-state index contributed by atoms with van der Waals surface area (Å²) in [7, 11) is 0. The number of aromatic nitrogens is 2. The third kappa shape index (κ3) is 3.15. The van der Waals surface area contributed by atoms with E-state index >= 15 is 0 Å². The highest BCUT2D eigenvalue weighted by atomic mass is 79.9. The number of nitrogens with one attached hydrogen (secondary N) is 1. The Morgan fingerprint density at radius 2 is 2.24 bits per heavy atom. The van der Waals surface area contributed by atoms with Gasteiger partial charge in [-0.25, -0.2) is 9.07 Å². The molecule has 3 rings (SSSR count). The summed E-state index contributed by atoms with van der Waals surface area (Å²) in [5.74, 6) is -0.344. The van der Waals surface area contributed by atoms with Gasteiger partial charge in [0.1, 0.15) is 5.82 Å². The second-order valence-corrected chi connectivity index (χ2v) is 6.02. The van der Waals surface area contributed by atoms with Gasteiger partial charge in [0.25, 0.3) is 5.56 Å². The highest BCUT2D eigenvalue weighted by Crippen LogP contribution is 2.22. The van der Waals surface area contributed by atoms with Crippen LogP contribution in [0.2, 0.25) is 0 Å². The molecule has 21 heavy (non-hydrogen) atoms. The third-order valence-corrected chi connectivity index (χ3v) is 4.59. The molecule has 1 fully saturated rings. The molecule has 0 saturated heterocycles. The predicted molar refractivity (Wildman–Crippen MR) is 83.0 cm³/mol. The minimum atomic E-state index is -0.344. The fourth-order valence-corrected chi connectivity index (χ4v) is 2.64. The van der Waals surface area contributed by atoms with Crippen LogP contribution >= 0.6 is 15.9 Å². The van der Waals surface area contributed by atoms with Crippen LogP contribution in [-0.4, -0.2) is 15.8 Å². The quantitative estimate of drug-likeness (QED) is 0.920. The maximum atomic E-state index is 13.5. The van der Waals surface area contributed by atoms with Crippen LogP contribution < -0.4 is 10.9 Å². The zero-order chi connectivity index (χ0) is 14.8. The Kier molecular flexibility index (Phi) is 4.05. The summed E-state index contributed by atoms with van der Waals surface area (Å²) < 4.78 is 15.2. The molecule has 0 amide bonds. The maximum absolute atomic E-state index is 13.5. The summed E-state index contributed by atoms with van der Waals surface area (Å²) in [4.78, 5) is 12.1. The van der Waals surface area contributed by atoms with Gasteiger partial charge in [0.05, 0.1) is 22.9 Å². The maximum Gasteiger partial charge on any atom is 0.269 e. The highest BCUT2D eigenvalue weighted by molar-refractivity contribution is 9.10. The summed E-state index contributed by atoms with van der Waals surface area (Å²) in [6.07, 6.45) is 5.15. The van der Waals surface area contributed by atoms with E-state index < -0.39 is 0 Å². The number of nitrogens with zero attached hydrogens (tertiary/aromatic N) is 2. The minimum absolute atomic E-state index is 0.199. The van der Waals surface area contributed by atoms with Gasteiger partial charge in [-0.1, -0.05) is 12.1 Å². The molecule has 4 nitrogen and oxygen atoms in total. The molecule has 1 aliphatic carbocycles. The third-order valence-electron chi connectivity index (χ3n) is 3.70. The Morgan fingerprint density at radius 3 is 2.90 bits per heavy atom. The van der Waals surface area contributed by atoms with Crippen molar-refractivity contribution in [2.75, 3.05) is 5.32 Å². The number of benzene rings is 1. The number of rotatable bonds is 4. The van der Waals surface area contributed by atoms with Gasteiger partial charge in [0.15, 0.2) is 0 Å². The van der Waals surface area contributed by atoms with Crippen LogP contribution in [0.25, 0.3) is 0 Å². The lowest BCUT2D eigenvalue weighted by molar-refractivity contribution is 0.445. The van der Waals surface area contributed by atoms with Crippen LogP contribution in [0.15, 0.2) is 39.7 Å². The molecule has 1 aromatic carbocycles. The smallest absolute Gasteiger partial charge is 0.269 e. The van der Waals surface area contributed by atoms with E-state index in [2.05, 4.69) is 26.3 Å². The largest absolute Gasteiger partial charge is 0.381 e. The fourth-order valence-electron chi connectivity index (χ4n) is 2.25. The first-order valence-electron chi connectivity index (χ1n) is 6.90. The average Bonchev–Trinajstić information content (AvgIpc) is 2.42. The topological polar surface area (TPSA) is 46.9 Å². The number of halogens is 2. The second kappa shape index (κ2) is 5.97. The van der Waals surface area contributed by atoms with Crippen molar-refractivity contribution in [1.29, 1.82) is 0 Å². The van der Waals surface area contributed by atoms with Crippen LogP contribution in [0.3, 0.4) is 0 Å². The Bertz CT molecular complexity index is 712. The number of hydrogen-bond acceptors (Lipinski definition) is 3. The number of anilines is 1. The van der Waals surface area contributed by atoms with Crippen LogP contribution in [-0.2, 0) is 6.54 Å². The molecular weight excluding hydrogens is 337 g/mol. The van der Waals surface area contributed by atoms with Crippen molar-refractivity contribution < 1.29 is 4.39 Å². The number of hydrogen-bond donors (Lipinski definition) is 1.